The molecule has 32 heavy (non-hydrogen) atoms. The van der Waals surface area contributed by atoms with Crippen molar-refractivity contribution in [3.8, 4) is 17.1 Å². The van der Waals surface area contributed by atoms with Gasteiger partial charge >= 0.3 is 6.03 Å². The smallest absolute Gasteiger partial charge is 0.325 e. The van der Waals surface area contributed by atoms with Crippen molar-refractivity contribution in [1.29, 1.82) is 0 Å². The van der Waals surface area contributed by atoms with Gasteiger partial charge in [0.15, 0.2) is 0 Å². The van der Waals surface area contributed by atoms with Crippen LogP contribution in [0, 0.1) is 6.92 Å². The van der Waals surface area contributed by atoms with Gasteiger partial charge in [0, 0.05) is 5.56 Å². The molecule has 2 aromatic heterocycles. The molecule has 1 fully saturated rings. The Kier molecular flexibility index (Phi) is 4.51. The van der Waals surface area contributed by atoms with Crippen LogP contribution in [0.2, 0.25) is 0 Å². The molecule has 1 aliphatic heterocycles. The summed E-state index contributed by atoms with van der Waals surface area (Å²) in [6.07, 6.45) is 1.45. The fourth-order valence-electron chi connectivity index (χ4n) is 3.55. The average molecular weight is 430 g/mol. The maximum atomic E-state index is 13.3. The Balaban J connectivity index is 1.39. The van der Waals surface area contributed by atoms with Crippen molar-refractivity contribution in [3.05, 3.63) is 71.9 Å². The van der Waals surface area contributed by atoms with Gasteiger partial charge in [-0.25, -0.2) is 9.48 Å². The molecule has 160 valence electrons. The number of hydrogen-bond donors (Lipinski definition) is 1. The van der Waals surface area contributed by atoms with E-state index in [1.54, 1.807) is 31.2 Å². The maximum absolute atomic E-state index is 13.3. The minimum atomic E-state index is -1.26. The molecule has 1 atom stereocenters. The summed E-state index contributed by atoms with van der Waals surface area (Å²) >= 11 is 0. The van der Waals surface area contributed by atoms with Crippen LogP contribution in [0.25, 0.3) is 17.1 Å². The van der Waals surface area contributed by atoms with Crippen molar-refractivity contribution in [2.45, 2.75) is 25.9 Å². The SMILES string of the molecule is Cc1ccc(-c2noc(CN3C(=O)N[C@](C)(c4cccc(-n5cnnn5)c4)C3=O)n2)cc1. The third kappa shape index (κ3) is 3.29. The molecule has 3 amide bonds. The Morgan fingerprint density at radius 2 is 1.94 bits per heavy atom. The number of aromatic nitrogens is 6. The first-order valence-corrected chi connectivity index (χ1v) is 9.82. The summed E-state index contributed by atoms with van der Waals surface area (Å²) in [6, 6.07) is 14.2. The molecule has 0 unspecified atom stereocenters. The Hall–Kier alpha value is -4.41. The molecule has 3 heterocycles. The summed E-state index contributed by atoms with van der Waals surface area (Å²) < 4.78 is 6.76. The Bertz CT molecular complexity index is 1300. The van der Waals surface area contributed by atoms with Crippen LogP contribution >= 0.6 is 0 Å². The van der Waals surface area contributed by atoms with Gasteiger partial charge < -0.3 is 9.84 Å². The topological polar surface area (TPSA) is 132 Å². The first kappa shape index (κ1) is 19.5. The summed E-state index contributed by atoms with van der Waals surface area (Å²) in [4.78, 5) is 31.3. The fraction of sp³-hybridized carbons (Fsp3) is 0.190. The van der Waals surface area contributed by atoms with E-state index >= 15 is 0 Å². The van der Waals surface area contributed by atoms with Crippen molar-refractivity contribution in [1.82, 2.24) is 40.6 Å². The predicted molar refractivity (Wildman–Crippen MR) is 110 cm³/mol. The lowest BCUT2D eigenvalue weighted by atomic mass is 9.91. The molecule has 0 aliphatic carbocycles. The number of nitrogens with one attached hydrogen (secondary N) is 1. The number of aryl methyl sites for hydroxylation is 1. The van der Waals surface area contributed by atoms with E-state index in [0.29, 0.717) is 17.1 Å². The molecule has 1 N–H and O–H groups in total. The van der Waals surface area contributed by atoms with Crippen molar-refractivity contribution in [2.24, 2.45) is 0 Å². The van der Waals surface area contributed by atoms with Gasteiger partial charge in [0.1, 0.15) is 18.4 Å². The molecular weight excluding hydrogens is 412 g/mol. The van der Waals surface area contributed by atoms with E-state index in [-0.39, 0.29) is 12.4 Å². The molecule has 0 radical (unpaired) electrons. The van der Waals surface area contributed by atoms with Crippen LogP contribution < -0.4 is 5.32 Å². The average Bonchev–Trinajstić information content (AvgIpc) is 3.53. The van der Waals surface area contributed by atoms with Gasteiger partial charge in [-0.15, -0.1) is 5.10 Å². The second kappa shape index (κ2) is 7.38. The normalized spacial score (nSPS) is 18.2. The van der Waals surface area contributed by atoms with E-state index in [4.69, 9.17) is 4.52 Å². The number of benzene rings is 2. The van der Waals surface area contributed by atoms with Crippen molar-refractivity contribution in [2.75, 3.05) is 0 Å². The number of carbonyl (C=O) groups excluding carboxylic acids is 2. The molecule has 0 spiro atoms. The van der Waals surface area contributed by atoms with E-state index < -0.39 is 17.5 Å². The minimum Gasteiger partial charge on any atom is -0.337 e. The second-order valence-electron chi connectivity index (χ2n) is 7.63. The van der Waals surface area contributed by atoms with Gasteiger partial charge in [0.05, 0.1) is 5.69 Å². The van der Waals surface area contributed by atoms with Gasteiger partial charge in [-0.3, -0.25) is 9.69 Å². The summed E-state index contributed by atoms with van der Waals surface area (Å²) in [7, 11) is 0. The molecule has 11 heteroatoms. The molecule has 2 aromatic carbocycles. The predicted octanol–water partition coefficient (Wildman–Crippen LogP) is 1.99. The Morgan fingerprint density at radius 1 is 1.12 bits per heavy atom. The number of carbonyl (C=O) groups is 2. The van der Waals surface area contributed by atoms with Crippen molar-refractivity contribution >= 4 is 11.9 Å². The highest BCUT2D eigenvalue weighted by Gasteiger charge is 2.49. The molecule has 1 aliphatic rings. The highest BCUT2D eigenvalue weighted by molar-refractivity contribution is 6.07. The lowest BCUT2D eigenvalue weighted by Crippen LogP contribution is -2.40. The molecular formula is C21H18N8O3. The molecule has 5 rings (SSSR count). The quantitative estimate of drug-likeness (QED) is 0.476. The highest BCUT2D eigenvalue weighted by atomic mass is 16.5. The maximum Gasteiger partial charge on any atom is 0.325 e. The third-order valence-electron chi connectivity index (χ3n) is 5.38. The van der Waals surface area contributed by atoms with Crippen LogP contribution in [0.5, 0.6) is 0 Å². The third-order valence-corrected chi connectivity index (χ3v) is 5.38. The molecule has 0 saturated carbocycles. The summed E-state index contributed by atoms with van der Waals surface area (Å²) in [5, 5.41) is 17.8. The number of hydrogen-bond acceptors (Lipinski definition) is 8. The fourth-order valence-corrected chi connectivity index (χ4v) is 3.55. The number of urea groups is 1. The van der Waals surface area contributed by atoms with Gasteiger partial charge in [0.25, 0.3) is 5.91 Å². The number of nitrogens with zero attached hydrogens (tertiary/aromatic N) is 7. The molecule has 1 saturated heterocycles. The minimum absolute atomic E-state index is 0.133. The van der Waals surface area contributed by atoms with Crippen LogP contribution in [-0.2, 0) is 16.9 Å². The van der Waals surface area contributed by atoms with Crippen molar-refractivity contribution < 1.29 is 14.1 Å². The van der Waals surface area contributed by atoms with Crippen LogP contribution in [0.3, 0.4) is 0 Å². The molecule has 11 nitrogen and oxygen atoms in total. The lowest BCUT2D eigenvalue weighted by molar-refractivity contribution is -0.131. The standard InChI is InChI=1S/C21H18N8O3/c1-13-6-8-14(9-7-13)18-23-17(32-25-18)11-28-19(30)21(2,24-20(28)31)15-4-3-5-16(10-15)29-12-22-26-27-29/h3-10,12H,11H2,1-2H3,(H,24,31)/t21-/m1/s1. The van der Waals surface area contributed by atoms with Crippen LogP contribution in [0.4, 0.5) is 4.79 Å². The lowest BCUT2D eigenvalue weighted by Gasteiger charge is -2.22. The Labute approximate surface area is 182 Å². The first-order chi connectivity index (χ1) is 15.4. The zero-order valence-electron chi connectivity index (χ0n) is 17.3. The van der Waals surface area contributed by atoms with Crippen molar-refractivity contribution in [3.63, 3.8) is 0 Å². The second-order valence-corrected chi connectivity index (χ2v) is 7.63. The van der Waals surface area contributed by atoms with Gasteiger partial charge in [-0.05, 0) is 42.0 Å². The van der Waals surface area contributed by atoms with E-state index in [1.165, 1.54) is 11.0 Å². The summed E-state index contributed by atoms with van der Waals surface area (Å²) in [5.74, 6) is 0.131. The summed E-state index contributed by atoms with van der Waals surface area (Å²) in [6.45, 7) is 3.50. The zero-order chi connectivity index (χ0) is 22.3. The monoisotopic (exact) mass is 430 g/mol. The van der Waals surface area contributed by atoms with E-state index in [0.717, 1.165) is 16.0 Å². The zero-order valence-corrected chi connectivity index (χ0v) is 17.3. The molecule has 0 bridgehead atoms. The highest BCUT2D eigenvalue weighted by Crippen LogP contribution is 2.31. The van der Waals surface area contributed by atoms with E-state index in [1.807, 2.05) is 31.2 Å². The van der Waals surface area contributed by atoms with Gasteiger partial charge in [-0.1, -0.05) is 47.1 Å². The van der Waals surface area contributed by atoms with Crippen LogP contribution in [-0.4, -0.2) is 47.2 Å². The first-order valence-electron chi connectivity index (χ1n) is 9.82. The van der Waals surface area contributed by atoms with E-state index in [2.05, 4.69) is 31.0 Å². The van der Waals surface area contributed by atoms with Crippen LogP contribution in [0.1, 0.15) is 23.9 Å². The molecule has 4 aromatic rings. The van der Waals surface area contributed by atoms with Crippen LogP contribution in [0.15, 0.2) is 59.4 Å². The van der Waals surface area contributed by atoms with E-state index in [9.17, 15) is 9.59 Å². The summed E-state index contributed by atoms with van der Waals surface area (Å²) in [5.41, 5.74) is 1.89. The largest absolute Gasteiger partial charge is 0.337 e. The van der Waals surface area contributed by atoms with Gasteiger partial charge in [0.2, 0.25) is 11.7 Å². The number of rotatable bonds is 5. The number of imide groups is 1. The Morgan fingerprint density at radius 3 is 2.69 bits per heavy atom. The van der Waals surface area contributed by atoms with Gasteiger partial charge in [-0.2, -0.15) is 4.98 Å². The number of amides is 3. The number of tetrazole rings is 1.